The van der Waals surface area contributed by atoms with Crippen molar-refractivity contribution in [2.45, 2.75) is 36.7 Å². The molecule has 0 aromatic heterocycles. The lowest BCUT2D eigenvalue weighted by atomic mass is 10.2. The number of nitrogens with one attached hydrogen (secondary N) is 2. The molecule has 0 bridgehead atoms. The molecule has 3 unspecified atom stereocenters. The molecule has 0 saturated carbocycles. The SMILES string of the molecule is COC1CNC(C(=O)NCC2CCCS2)C1. The van der Waals surface area contributed by atoms with Crippen LogP contribution in [0.1, 0.15) is 19.3 Å². The summed E-state index contributed by atoms with van der Waals surface area (Å²) in [5.41, 5.74) is 0. The molecule has 2 N–H and O–H groups in total. The van der Waals surface area contributed by atoms with Crippen molar-refractivity contribution in [1.29, 1.82) is 0 Å². The summed E-state index contributed by atoms with van der Waals surface area (Å²) in [6.07, 6.45) is 3.51. The lowest BCUT2D eigenvalue weighted by molar-refractivity contribution is -0.122. The molecule has 1 amide bonds. The van der Waals surface area contributed by atoms with E-state index in [2.05, 4.69) is 10.6 Å². The molecule has 2 saturated heterocycles. The van der Waals surface area contributed by atoms with Gasteiger partial charge < -0.3 is 15.4 Å². The van der Waals surface area contributed by atoms with E-state index >= 15 is 0 Å². The maximum absolute atomic E-state index is 11.8. The van der Waals surface area contributed by atoms with Gasteiger partial charge in [0, 0.05) is 25.4 Å². The van der Waals surface area contributed by atoms with Crippen LogP contribution in [0.2, 0.25) is 0 Å². The van der Waals surface area contributed by atoms with E-state index in [9.17, 15) is 4.79 Å². The summed E-state index contributed by atoms with van der Waals surface area (Å²) in [6.45, 7) is 1.60. The zero-order valence-electron chi connectivity index (χ0n) is 9.70. The van der Waals surface area contributed by atoms with Crippen molar-refractivity contribution in [2.75, 3.05) is 26.0 Å². The molecule has 2 aliphatic rings. The highest BCUT2D eigenvalue weighted by Gasteiger charge is 2.29. The van der Waals surface area contributed by atoms with Crippen molar-refractivity contribution < 1.29 is 9.53 Å². The van der Waals surface area contributed by atoms with E-state index in [0.717, 1.165) is 19.5 Å². The van der Waals surface area contributed by atoms with Gasteiger partial charge in [0.25, 0.3) is 0 Å². The van der Waals surface area contributed by atoms with Crippen LogP contribution in [0.25, 0.3) is 0 Å². The standard InChI is InChI=1S/C11H20N2O2S/c1-15-8-5-10(12-6-8)11(14)13-7-9-3-2-4-16-9/h8-10,12H,2-7H2,1H3,(H,13,14). The van der Waals surface area contributed by atoms with Crippen LogP contribution in [0.4, 0.5) is 0 Å². The second-order valence-electron chi connectivity index (χ2n) is 4.43. The monoisotopic (exact) mass is 244 g/mol. The third-order valence-corrected chi connectivity index (χ3v) is 4.67. The van der Waals surface area contributed by atoms with Crippen molar-refractivity contribution in [3.8, 4) is 0 Å². The molecule has 0 aromatic carbocycles. The maximum Gasteiger partial charge on any atom is 0.237 e. The van der Waals surface area contributed by atoms with Crippen LogP contribution in [0.3, 0.4) is 0 Å². The zero-order valence-corrected chi connectivity index (χ0v) is 10.5. The van der Waals surface area contributed by atoms with E-state index in [4.69, 9.17) is 4.74 Å². The van der Waals surface area contributed by atoms with Gasteiger partial charge in [0.1, 0.15) is 0 Å². The van der Waals surface area contributed by atoms with E-state index in [1.807, 2.05) is 11.8 Å². The average Bonchev–Trinajstić information content (AvgIpc) is 2.96. The van der Waals surface area contributed by atoms with Gasteiger partial charge in [-0.3, -0.25) is 4.79 Å². The Morgan fingerprint density at radius 3 is 3.12 bits per heavy atom. The highest BCUT2D eigenvalue weighted by Crippen LogP contribution is 2.25. The second kappa shape index (κ2) is 5.89. The van der Waals surface area contributed by atoms with Crippen LogP contribution >= 0.6 is 11.8 Å². The first-order valence-corrected chi connectivity index (χ1v) is 7.00. The smallest absolute Gasteiger partial charge is 0.237 e. The number of thioether (sulfide) groups is 1. The molecule has 0 radical (unpaired) electrons. The first-order valence-electron chi connectivity index (χ1n) is 5.95. The molecule has 5 heteroatoms. The number of methoxy groups -OCH3 is 1. The Bertz CT molecular complexity index is 244. The number of carbonyl (C=O) groups excluding carboxylic acids is 1. The summed E-state index contributed by atoms with van der Waals surface area (Å²) in [4.78, 5) is 11.8. The van der Waals surface area contributed by atoms with Crippen molar-refractivity contribution in [3.05, 3.63) is 0 Å². The highest BCUT2D eigenvalue weighted by atomic mass is 32.2. The van der Waals surface area contributed by atoms with Gasteiger partial charge in [0.05, 0.1) is 12.1 Å². The number of ether oxygens (including phenoxy) is 1. The Morgan fingerprint density at radius 1 is 1.62 bits per heavy atom. The van der Waals surface area contributed by atoms with Crippen LogP contribution in [-0.2, 0) is 9.53 Å². The van der Waals surface area contributed by atoms with Gasteiger partial charge in [-0.25, -0.2) is 0 Å². The lowest BCUT2D eigenvalue weighted by Gasteiger charge is -2.14. The third kappa shape index (κ3) is 3.12. The van der Waals surface area contributed by atoms with E-state index in [0.29, 0.717) is 5.25 Å². The van der Waals surface area contributed by atoms with Crippen molar-refractivity contribution in [3.63, 3.8) is 0 Å². The van der Waals surface area contributed by atoms with Gasteiger partial charge in [-0.05, 0) is 25.0 Å². The molecule has 2 rings (SSSR count). The van der Waals surface area contributed by atoms with Crippen LogP contribution < -0.4 is 10.6 Å². The van der Waals surface area contributed by atoms with Gasteiger partial charge in [0.2, 0.25) is 5.91 Å². The normalized spacial score (nSPS) is 34.2. The summed E-state index contributed by atoms with van der Waals surface area (Å²) in [5.74, 6) is 1.38. The molecule has 0 aromatic rings. The molecule has 92 valence electrons. The molecule has 2 aliphatic heterocycles. The summed E-state index contributed by atoms with van der Waals surface area (Å²) >= 11 is 1.97. The Labute approximate surface area is 101 Å². The fraction of sp³-hybridized carbons (Fsp3) is 0.909. The van der Waals surface area contributed by atoms with Crippen LogP contribution in [0.15, 0.2) is 0 Å². The van der Waals surface area contributed by atoms with Crippen LogP contribution in [0, 0.1) is 0 Å². The first kappa shape index (κ1) is 12.2. The van der Waals surface area contributed by atoms with E-state index in [-0.39, 0.29) is 18.1 Å². The highest BCUT2D eigenvalue weighted by molar-refractivity contribution is 8.00. The van der Waals surface area contributed by atoms with E-state index < -0.39 is 0 Å². The molecule has 3 atom stereocenters. The number of amides is 1. The molecule has 16 heavy (non-hydrogen) atoms. The average molecular weight is 244 g/mol. The predicted octanol–water partition coefficient (Wildman–Crippen LogP) is 0.375. The third-order valence-electron chi connectivity index (χ3n) is 3.27. The minimum atomic E-state index is -0.0589. The molecular formula is C11H20N2O2S. The molecule has 0 aliphatic carbocycles. The summed E-state index contributed by atoms with van der Waals surface area (Å²) in [7, 11) is 1.70. The molecule has 2 heterocycles. The molecular weight excluding hydrogens is 224 g/mol. The van der Waals surface area contributed by atoms with Crippen molar-refractivity contribution >= 4 is 17.7 Å². The Balaban J connectivity index is 1.67. The minimum absolute atomic E-state index is 0.0589. The van der Waals surface area contributed by atoms with Gasteiger partial charge in [0.15, 0.2) is 0 Å². The number of carbonyl (C=O) groups is 1. The van der Waals surface area contributed by atoms with E-state index in [1.54, 1.807) is 7.11 Å². The molecule has 0 spiro atoms. The summed E-state index contributed by atoms with van der Waals surface area (Å²) < 4.78 is 5.22. The zero-order chi connectivity index (χ0) is 11.4. The van der Waals surface area contributed by atoms with E-state index in [1.165, 1.54) is 18.6 Å². The Morgan fingerprint density at radius 2 is 2.50 bits per heavy atom. The Kier molecular flexibility index (Phi) is 4.49. The molecule has 4 nitrogen and oxygen atoms in total. The summed E-state index contributed by atoms with van der Waals surface area (Å²) in [5, 5.41) is 6.85. The Hall–Kier alpha value is -0.260. The topological polar surface area (TPSA) is 50.4 Å². The first-order chi connectivity index (χ1) is 7.79. The molecule has 2 fully saturated rings. The van der Waals surface area contributed by atoms with Gasteiger partial charge in [-0.1, -0.05) is 0 Å². The van der Waals surface area contributed by atoms with Gasteiger partial charge in [-0.15, -0.1) is 0 Å². The summed E-state index contributed by atoms with van der Waals surface area (Å²) in [6, 6.07) is -0.0589. The van der Waals surface area contributed by atoms with Crippen molar-refractivity contribution in [1.82, 2.24) is 10.6 Å². The van der Waals surface area contributed by atoms with Crippen LogP contribution in [0.5, 0.6) is 0 Å². The quantitative estimate of drug-likeness (QED) is 0.750. The number of rotatable bonds is 4. The fourth-order valence-electron chi connectivity index (χ4n) is 2.23. The maximum atomic E-state index is 11.8. The number of hydrogen-bond donors (Lipinski definition) is 2. The van der Waals surface area contributed by atoms with Crippen molar-refractivity contribution in [2.24, 2.45) is 0 Å². The van der Waals surface area contributed by atoms with Gasteiger partial charge >= 0.3 is 0 Å². The predicted molar refractivity (Wildman–Crippen MR) is 65.7 cm³/mol. The largest absolute Gasteiger partial charge is 0.380 e. The van der Waals surface area contributed by atoms with Crippen LogP contribution in [-0.4, -0.2) is 49.3 Å². The fourth-order valence-corrected chi connectivity index (χ4v) is 3.43. The lowest BCUT2D eigenvalue weighted by Crippen LogP contribution is -2.42. The van der Waals surface area contributed by atoms with Gasteiger partial charge in [-0.2, -0.15) is 11.8 Å². The second-order valence-corrected chi connectivity index (χ2v) is 5.84. The minimum Gasteiger partial charge on any atom is -0.380 e. The number of hydrogen-bond acceptors (Lipinski definition) is 4.